The lowest BCUT2D eigenvalue weighted by Crippen LogP contribution is -2.16. The van der Waals surface area contributed by atoms with Crippen LogP contribution in [-0.4, -0.2) is 29.4 Å². The van der Waals surface area contributed by atoms with E-state index in [4.69, 9.17) is 9.47 Å². The zero-order valence-electron chi connectivity index (χ0n) is 14.7. The fraction of sp³-hybridized carbons (Fsp3) is 0.100. The number of rotatable bonds is 4. The van der Waals surface area contributed by atoms with E-state index < -0.39 is 5.56 Å². The number of nitrogens with one attached hydrogen (secondary N) is 2. The van der Waals surface area contributed by atoms with Gasteiger partial charge in [0.15, 0.2) is 11.5 Å². The van der Waals surface area contributed by atoms with Gasteiger partial charge in [0.1, 0.15) is 24.8 Å². The molecule has 2 aromatic carbocycles. The van der Waals surface area contributed by atoms with Crippen LogP contribution in [0.3, 0.4) is 0 Å². The third kappa shape index (κ3) is 3.54. The van der Waals surface area contributed by atoms with E-state index in [1.165, 1.54) is 0 Å². The molecule has 1 aromatic heterocycles. The number of fused-ring (bicyclic) bond motifs is 1. The standard InChI is InChI=1S/C20H15N5O3/c21-11-15-18(14-4-2-1-3-5-14)23-20(24-19(15)26)25-22-12-13-6-7-16-17(10-13)28-9-8-27-16/h1-7,10,12H,8-9H2,(H2,23,24,25,26). The molecule has 138 valence electrons. The fourth-order valence-corrected chi connectivity index (χ4v) is 2.74. The van der Waals surface area contributed by atoms with Crippen molar-refractivity contribution in [2.75, 3.05) is 18.6 Å². The number of aromatic amines is 1. The van der Waals surface area contributed by atoms with E-state index in [9.17, 15) is 10.1 Å². The largest absolute Gasteiger partial charge is 0.486 e. The van der Waals surface area contributed by atoms with Crippen molar-refractivity contribution in [3.63, 3.8) is 0 Å². The van der Waals surface area contributed by atoms with Crippen LogP contribution in [0.5, 0.6) is 11.5 Å². The summed E-state index contributed by atoms with van der Waals surface area (Å²) in [4.78, 5) is 19.1. The topological polar surface area (TPSA) is 112 Å². The van der Waals surface area contributed by atoms with Crippen molar-refractivity contribution < 1.29 is 9.47 Å². The molecule has 0 fully saturated rings. The molecule has 0 unspecified atom stereocenters. The van der Waals surface area contributed by atoms with Gasteiger partial charge in [-0.2, -0.15) is 10.4 Å². The average molecular weight is 373 g/mol. The Morgan fingerprint density at radius 2 is 1.93 bits per heavy atom. The lowest BCUT2D eigenvalue weighted by molar-refractivity contribution is 0.171. The minimum absolute atomic E-state index is 0.0486. The van der Waals surface area contributed by atoms with E-state index >= 15 is 0 Å². The summed E-state index contributed by atoms with van der Waals surface area (Å²) in [6, 6.07) is 16.4. The molecule has 8 heteroatoms. The minimum Gasteiger partial charge on any atom is -0.486 e. The quantitative estimate of drug-likeness (QED) is 0.537. The molecule has 0 radical (unpaired) electrons. The van der Waals surface area contributed by atoms with Gasteiger partial charge in [0.2, 0.25) is 5.95 Å². The van der Waals surface area contributed by atoms with Crippen LogP contribution in [0.1, 0.15) is 11.1 Å². The number of H-pyrrole nitrogens is 1. The number of nitrogens with zero attached hydrogens (tertiary/aromatic N) is 3. The molecule has 1 aliphatic rings. The maximum atomic E-state index is 12.2. The van der Waals surface area contributed by atoms with Crippen molar-refractivity contribution >= 4 is 12.2 Å². The summed E-state index contributed by atoms with van der Waals surface area (Å²) in [7, 11) is 0. The molecule has 0 spiro atoms. The van der Waals surface area contributed by atoms with E-state index in [1.54, 1.807) is 18.3 Å². The summed E-state index contributed by atoms with van der Waals surface area (Å²) in [5.41, 5.74) is 3.87. The maximum absolute atomic E-state index is 12.2. The molecule has 2 N–H and O–H groups in total. The van der Waals surface area contributed by atoms with Crippen LogP contribution in [0.2, 0.25) is 0 Å². The third-order valence-corrected chi connectivity index (χ3v) is 4.03. The van der Waals surface area contributed by atoms with E-state index in [-0.39, 0.29) is 11.5 Å². The second-order valence-electron chi connectivity index (χ2n) is 5.89. The molecule has 0 aliphatic carbocycles. The summed E-state index contributed by atoms with van der Waals surface area (Å²) in [5, 5.41) is 13.4. The zero-order valence-corrected chi connectivity index (χ0v) is 14.7. The molecule has 0 bridgehead atoms. The lowest BCUT2D eigenvalue weighted by atomic mass is 10.1. The van der Waals surface area contributed by atoms with Gasteiger partial charge in [-0.25, -0.2) is 10.4 Å². The van der Waals surface area contributed by atoms with Crippen LogP contribution < -0.4 is 20.5 Å². The lowest BCUT2D eigenvalue weighted by Gasteiger charge is -2.18. The molecule has 0 saturated heterocycles. The minimum atomic E-state index is -0.534. The summed E-state index contributed by atoms with van der Waals surface area (Å²) in [5.74, 6) is 1.49. The second kappa shape index (κ2) is 7.63. The van der Waals surface area contributed by atoms with Crippen molar-refractivity contribution in [3.8, 4) is 28.8 Å². The molecule has 28 heavy (non-hydrogen) atoms. The molecule has 8 nitrogen and oxygen atoms in total. The molecule has 0 atom stereocenters. The number of aromatic nitrogens is 2. The molecular weight excluding hydrogens is 358 g/mol. The first-order valence-corrected chi connectivity index (χ1v) is 8.53. The van der Waals surface area contributed by atoms with Crippen molar-refractivity contribution in [1.82, 2.24) is 9.97 Å². The predicted octanol–water partition coefficient (Wildman–Crippen LogP) is 2.53. The Morgan fingerprint density at radius 3 is 2.71 bits per heavy atom. The highest BCUT2D eigenvalue weighted by atomic mass is 16.6. The normalized spacial score (nSPS) is 12.5. The third-order valence-electron chi connectivity index (χ3n) is 4.03. The summed E-state index contributed by atoms with van der Waals surface area (Å²) >= 11 is 0. The van der Waals surface area contributed by atoms with Crippen LogP contribution >= 0.6 is 0 Å². The number of anilines is 1. The molecule has 2 heterocycles. The molecule has 0 saturated carbocycles. The Hall–Kier alpha value is -4.12. The van der Waals surface area contributed by atoms with Gasteiger partial charge < -0.3 is 9.47 Å². The number of ether oxygens (including phenoxy) is 2. The van der Waals surface area contributed by atoms with Gasteiger partial charge in [-0.15, -0.1) is 0 Å². The van der Waals surface area contributed by atoms with E-state index in [0.717, 1.165) is 5.56 Å². The Bertz CT molecular complexity index is 1130. The number of benzene rings is 2. The highest BCUT2D eigenvalue weighted by Crippen LogP contribution is 2.30. The van der Waals surface area contributed by atoms with Crippen LogP contribution in [-0.2, 0) is 0 Å². The highest BCUT2D eigenvalue weighted by Gasteiger charge is 2.13. The molecule has 3 aromatic rings. The van der Waals surface area contributed by atoms with Gasteiger partial charge >= 0.3 is 0 Å². The van der Waals surface area contributed by atoms with Crippen LogP contribution in [0.4, 0.5) is 5.95 Å². The van der Waals surface area contributed by atoms with Crippen molar-refractivity contribution in [2.24, 2.45) is 5.10 Å². The van der Waals surface area contributed by atoms with Crippen LogP contribution in [0.25, 0.3) is 11.3 Å². The average Bonchev–Trinajstić information content (AvgIpc) is 2.74. The first-order valence-electron chi connectivity index (χ1n) is 8.53. The first kappa shape index (κ1) is 17.3. The van der Waals surface area contributed by atoms with Crippen molar-refractivity contribution in [2.45, 2.75) is 0 Å². The maximum Gasteiger partial charge on any atom is 0.270 e. The smallest absolute Gasteiger partial charge is 0.270 e. The van der Waals surface area contributed by atoms with Crippen molar-refractivity contribution in [3.05, 3.63) is 70.0 Å². The SMILES string of the molecule is N#Cc1c(-c2ccccc2)nc(NN=Cc2ccc3c(c2)OCCO3)[nH]c1=O. The van der Waals surface area contributed by atoms with Crippen LogP contribution in [0.15, 0.2) is 58.4 Å². The molecule has 0 amide bonds. The van der Waals surface area contributed by atoms with Gasteiger partial charge in [-0.05, 0) is 23.8 Å². The first-order chi connectivity index (χ1) is 13.7. The summed E-state index contributed by atoms with van der Waals surface area (Å²) < 4.78 is 11.0. The Morgan fingerprint density at radius 1 is 1.14 bits per heavy atom. The number of hydrogen-bond donors (Lipinski definition) is 2. The Labute approximate surface area is 160 Å². The Kier molecular flexibility index (Phi) is 4.72. The summed E-state index contributed by atoms with van der Waals surface area (Å²) in [6.45, 7) is 1.04. The second-order valence-corrected chi connectivity index (χ2v) is 5.89. The monoisotopic (exact) mass is 373 g/mol. The van der Waals surface area contributed by atoms with E-state index in [0.29, 0.717) is 36.0 Å². The van der Waals surface area contributed by atoms with Crippen LogP contribution in [0, 0.1) is 11.3 Å². The molecule has 1 aliphatic heterocycles. The number of hydrogen-bond acceptors (Lipinski definition) is 7. The van der Waals surface area contributed by atoms with Gasteiger partial charge in [-0.3, -0.25) is 9.78 Å². The number of nitriles is 1. The van der Waals surface area contributed by atoms with Crippen molar-refractivity contribution in [1.29, 1.82) is 5.26 Å². The van der Waals surface area contributed by atoms with Gasteiger partial charge in [0.25, 0.3) is 5.56 Å². The zero-order chi connectivity index (χ0) is 19.3. The predicted molar refractivity (Wildman–Crippen MR) is 104 cm³/mol. The van der Waals surface area contributed by atoms with Gasteiger partial charge in [0, 0.05) is 5.56 Å². The number of hydrazone groups is 1. The molecular formula is C20H15N5O3. The fourth-order valence-electron chi connectivity index (χ4n) is 2.74. The molecule has 4 rings (SSSR count). The summed E-state index contributed by atoms with van der Waals surface area (Å²) in [6.07, 6.45) is 1.57. The van der Waals surface area contributed by atoms with Gasteiger partial charge in [-0.1, -0.05) is 30.3 Å². The highest BCUT2D eigenvalue weighted by molar-refractivity contribution is 5.81. The van der Waals surface area contributed by atoms with Gasteiger partial charge in [0.05, 0.1) is 11.9 Å². The van der Waals surface area contributed by atoms with E-state index in [1.807, 2.05) is 42.5 Å². The van der Waals surface area contributed by atoms with E-state index in [2.05, 4.69) is 20.5 Å². The Balaban J connectivity index is 1.59.